The first-order chi connectivity index (χ1) is 7.93. The van der Waals surface area contributed by atoms with Crippen LogP contribution in [0.1, 0.15) is 11.1 Å². The van der Waals surface area contributed by atoms with Gasteiger partial charge in [-0.25, -0.2) is 17.6 Å². The van der Waals surface area contributed by atoms with Crippen LogP contribution in [0.25, 0.3) is 0 Å². The summed E-state index contributed by atoms with van der Waals surface area (Å²) in [5.74, 6) is -6.46. The van der Waals surface area contributed by atoms with Gasteiger partial charge in [-0.05, 0) is 0 Å². The minimum Gasteiger partial charge on any atom is -0.391 e. The lowest BCUT2D eigenvalue weighted by Gasteiger charge is -2.09. The third-order valence-corrected chi connectivity index (χ3v) is 2.69. The first-order valence-electron chi connectivity index (χ1n) is 4.33. The number of allylic oxidation sites excluding steroid dienone is 1. The molecule has 0 spiro atoms. The molecule has 0 bridgehead atoms. The van der Waals surface area contributed by atoms with Gasteiger partial charge in [0.25, 0.3) is 0 Å². The molecule has 0 aliphatic rings. The van der Waals surface area contributed by atoms with Crippen LogP contribution in [-0.4, -0.2) is 5.11 Å². The Morgan fingerprint density at radius 1 is 1.00 bits per heavy atom. The molecule has 1 nitrogen and oxygen atoms in total. The summed E-state index contributed by atoms with van der Waals surface area (Å²) in [6, 6.07) is 0. The fourth-order valence-corrected chi connectivity index (χ4v) is 1.43. The van der Waals surface area contributed by atoms with Crippen molar-refractivity contribution in [2.45, 2.75) is 13.0 Å². The standard InChI is InChI=1S/C10H6Cl2F4O/c11-2-4(12)1-5-7(13)9(15)6(3-17)10(16)8(5)14/h2,17H,1,3H2. The minimum absolute atomic E-state index is 0.181. The van der Waals surface area contributed by atoms with E-state index in [4.69, 9.17) is 28.3 Å². The summed E-state index contributed by atoms with van der Waals surface area (Å²) in [4.78, 5) is 0. The molecule has 0 unspecified atom stereocenters. The monoisotopic (exact) mass is 288 g/mol. The predicted molar refractivity (Wildman–Crippen MR) is 55.7 cm³/mol. The Morgan fingerprint density at radius 3 is 1.76 bits per heavy atom. The van der Waals surface area contributed by atoms with Crippen molar-refractivity contribution < 1.29 is 22.7 Å². The molecule has 0 aliphatic carbocycles. The summed E-state index contributed by atoms with van der Waals surface area (Å²) < 4.78 is 53.2. The van der Waals surface area contributed by atoms with Crippen molar-refractivity contribution in [1.29, 1.82) is 0 Å². The fourth-order valence-electron chi connectivity index (χ4n) is 1.22. The lowest BCUT2D eigenvalue weighted by atomic mass is 10.1. The van der Waals surface area contributed by atoms with E-state index in [0.717, 1.165) is 5.54 Å². The van der Waals surface area contributed by atoms with Crippen LogP contribution < -0.4 is 0 Å². The molecular weight excluding hydrogens is 283 g/mol. The second-order valence-electron chi connectivity index (χ2n) is 3.10. The smallest absolute Gasteiger partial charge is 0.167 e. The number of benzene rings is 1. The van der Waals surface area contributed by atoms with Crippen molar-refractivity contribution in [2.24, 2.45) is 0 Å². The molecule has 17 heavy (non-hydrogen) atoms. The van der Waals surface area contributed by atoms with Crippen molar-refractivity contribution in [2.75, 3.05) is 0 Å². The Hall–Kier alpha value is -0.780. The van der Waals surface area contributed by atoms with Crippen LogP contribution in [0.4, 0.5) is 17.6 Å². The van der Waals surface area contributed by atoms with Gasteiger partial charge in [-0.3, -0.25) is 0 Å². The van der Waals surface area contributed by atoms with Crippen LogP contribution in [0.2, 0.25) is 0 Å². The predicted octanol–water partition coefficient (Wildman–Crippen LogP) is 3.60. The van der Waals surface area contributed by atoms with Gasteiger partial charge < -0.3 is 5.11 Å². The normalized spacial score (nSPS) is 12.1. The van der Waals surface area contributed by atoms with Gasteiger partial charge in [0.05, 0.1) is 12.2 Å². The highest BCUT2D eigenvalue weighted by molar-refractivity contribution is 6.36. The van der Waals surface area contributed by atoms with E-state index in [9.17, 15) is 17.6 Å². The summed E-state index contributed by atoms with van der Waals surface area (Å²) in [5.41, 5.74) is -1.11. The van der Waals surface area contributed by atoms with Crippen LogP contribution in [0.15, 0.2) is 10.6 Å². The quantitative estimate of drug-likeness (QED) is 0.666. The summed E-state index contributed by atoms with van der Waals surface area (Å²) in [7, 11) is 0. The van der Waals surface area contributed by atoms with E-state index in [-0.39, 0.29) is 5.03 Å². The molecule has 0 aliphatic heterocycles. The lowest BCUT2D eigenvalue weighted by Crippen LogP contribution is -2.08. The summed E-state index contributed by atoms with van der Waals surface area (Å²) in [5, 5.41) is 8.41. The van der Waals surface area contributed by atoms with Crippen molar-refractivity contribution in [3.8, 4) is 0 Å². The van der Waals surface area contributed by atoms with Gasteiger partial charge in [0.2, 0.25) is 0 Å². The third-order valence-electron chi connectivity index (χ3n) is 2.07. The Balaban J connectivity index is 3.42. The zero-order valence-electron chi connectivity index (χ0n) is 8.21. The molecule has 1 rings (SSSR count). The zero-order valence-corrected chi connectivity index (χ0v) is 9.72. The van der Waals surface area contributed by atoms with Gasteiger partial charge in [-0.1, -0.05) is 23.2 Å². The highest BCUT2D eigenvalue weighted by Gasteiger charge is 2.24. The van der Waals surface area contributed by atoms with Gasteiger partial charge in [0.1, 0.15) is 0 Å². The van der Waals surface area contributed by atoms with Crippen LogP contribution in [0.3, 0.4) is 0 Å². The molecule has 1 aromatic rings. The maximum Gasteiger partial charge on any atom is 0.167 e. The Bertz CT molecular complexity index is 445. The highest BCUT2D eigenvalue weighted by Crippen LogP contribution is 2.27. The summed E-state index contributed by atoms with van der Waals surface area (Å²) >= 11 is 10.6. The Morgan fingerprint density at radius 2 is 1.41 bits per heavy atom. The molecule has 7 heteroatoms. The van der Waals surface area contributed by atoms with E-state index < -0.39 is 47.4 Å². The minimum atomic E-state index is -1.64. The Labute approximate surface area is 104 Å². The number of hydrogen-bond donors (Lipinski definition) is 1. The summed E-state index contributed by atoms with van der Waals surface area (Å²) in [6.07, 6.45) is -0.581. The fraction of sp³-hybridized carbons (Fsp3) is 0.200. The van der Waals surface area contributed by atoms with Gasteiger partial charge in [-0.15, -0.1) is 0 Å². The molecule has 0 atom stereocenters. The molecule has 0 saturated heterocycles. The second kappa shape index (κ2) is 5.71. The third kappa shape index (κ3) is 2.73. The molecule has 0 heterocycles. The Kier molecular flexibility index (Phi) is 4.80. The van der Waals surface area contributed by atoms with E-state index in [1.165, 1.54) is 0 Å². The lowest BCUT2D eigenvalue weighted by molar-refractivity contribution is 0.262. The van der Waals surface area contributed by atoms with Crippen LogP contribution in [-0.2, 0) is 13.0 Å². The van der Waals surface area contributed by atoms with Crippen molar-refractivity contribution in [1.82, 2.24) is 0 Å². The average molecular weight is 289 g/mol. The molecule has 0 saturated carbocycles. The van der Waals surface area contributed by atoms with E-state index in [0.29, 0.717) is 0 Å². The van der Waals surface area contributed by atoms with Crippen LogP contribution in [0.5, 0.6) is 0 Å². The van der Waals surface area contributed by atoms with Crippen molar-refractivity contribution in [3.05, 3.63) is 45.0 Å². The topological polar surface area (TPSA) is 20.2 Å². The first kappa shape index (κ1) is 14.3. The van der Waals surface area contributed by atoms with Crippen molar-refractivity contribution in [3.63, 3.8) is 0 Å². The number of rotatable bonds is 3. The van der Waals surface area contributed by atoms with Gasteiger partial charge in [0, 0.05) is 22.6 Å². The molecule has 94 valence electrons. The summed E-state index contributed by atoms with van der Waals surface area (Å²) in [6.45, 7) is -1.15. The highest BCUT2D eigenvalue weighted by atomic mass is 35.5. The second-order valence-corrected chi connectivity index (χ2v) is 3.81. The largest absolute Gasteiger partial charge is 0.391 e. The van der Waals surface area contributed by atoms with Gasteiger partial charge >= 0.3 is 0 Å². The average Bonchev–Trinajstić information content (AvgIpc) is 2.32. The van der Waals surface area contributed by atoms with Gasteiger partial charge in [-0.2, -0.15) is 0 Å². The molecular formula is C10H6Cl2F4O. The van der Waals surface area contributed by atoms with E-state index in [1.807, 2.05) is 0 Å². The van der Waals surface area contributed by atoms with E-state index in [2.05, 4.69) is 0 Å². The van der Waals surface area contributed by atoms with Crippen LogP contribution >= 0.6 is 23.2 Å². The van der Waals surface area contributed by atoms with Crippen molar-refractivity contribution >= 4 is 23.2 Å². The first-order valence-corrected chi connectivity index (χ1v) is 5.14. The van der Waals surface area contributed by atoms with E-state index in [1.54, 1.807) is 0 Å². The molecule has 0 radical (unpaired) electrons. The zero-order chi connectivity index (χ0) is 13.2. The van der Waals surface area contributed by atoms with Gasteiger partial charge in [0.15, 0.2) is 23.3 Å². The maximum atomic E-state index is 13.4. The maximum absolute atomic E-state index is 13.4. The molecule has 1 aromatic carbocycles. The number of aliphatic hydroxyl groups excluding tert-OH is 1. The SMILES string of the molecule is OCc1c(F)c(F)c(CC(Cl)=CCl)c(F)c1F. The molecule has 0 aromatic heterocycles. The number of halogens is 6. The molecule has 0 fully saturated rings. The molecule has 0 amide bonds. The van der Waals surface area contributed by atoms with E-state index >= 15 is 0 Å². The molecule has 1 N–H and O–H groups in total. The van der Waals surface area contributed by atoms with Crippen LogP contribution in [0, 0.1) is 23.3 Å². The number of aliphatic hydroxyl groups is 1. The number of hydrogen-bond acceptors (Lipinski definition) is 1.